The van der Waals surface area contributed by atoms with E-state index in [1.54, 1.807) is 0 Å². The van der Waals surface area contributed by atoms with Crippen molar-refractivity contribution in [2.75, 3.05) is 18.9 Å². The first kappa shape index (κ1) is 14.4. The molecule has 1 aliphatic rings. The number of thioether (sulfide) groups is 1. The number of benzene rings is 1. The number of hydrogen-bond acceptors (Lipinski definition) is 4. The highest BCUT2D eigenvalue weighted by atomic mass is 32.2. The summed E-state index contributed by atoms with van der Waals surface area (Å²) in [6.45, 7) is 3.17. The van der Waals surface area contributed by atoms with Gasteiger partial charge in [0, 0.05) is 24.0 Å². The Hall–Kier alpha value is -1.00. The highest BCUT2D eigenvalue weighted by Crippen LogP contribution is 2.31. The normalized spacial score (nSPS) is 17.8. The third kappa shape index (κ3) is 4.25. The first-order valence-corrected chi connectivity index (χ1v) is 8.01. The average Bonchev–Trinajstić information content (AvgIpc) is 2.44. The quantitative estimate of drug-likeness (QED) is 0.642. The van der Waals surface area contributed by atoms with Gasteiger partial charge in [0.05, 0.1) is 6.61 Å². The van der Waals surface area contributed by atoms with Crippen molar-refractivity contribution < 1.29 is 9.53 Å². The molecule has 0 aliphatic carbocycles. The van der Waals surface area contributed by atoms with Gasteiger partial charge in [-0.25, -0.2) is 0 Å². The van der Waals surface area contributed by atoms with Crippen LogP contribution in [0.4, 0.5) is 0 Å². The lowest BCUT2D eigenvalue weighted by Crippen LogP contribution is -2.27. The number of fused-ring (bicyclic) bond motifs is 1. The molecule has 0 saturated heterocycles. The summed E-state index contributed by atoms with van der Waals surface area (Å²) in [5.41, 5.74) is 2.85. The molecular weight excluding hydrogens is 258 g/mol. The van der Waals surface area contributed by atoms with Crippen molar-refractivity contribution in [3.8, 4) is 0 Å². The zero-order valence-electron chi connectivity index (χ0n) is 11.4. The molecule has 1 atom stereocenters. The number of carbonyl (C=O) groups excluding carboxylic acids is 1. The van der Waals surface area contributed by atoms with E-state index < -0.39 is 0 Å². The Morgan fingerprint density at radius 2 is 2.32 bits per heavy atom. The van der Waals surface area contributed by atoms with E-state index in [1.165, 1.54) is 11.1 Å². The molecule has 1 aliphatic heterocycles. The highest BCUT2D eigenvalue weighted by Gasteiger charge is 2.19. The maximum atomic E-state index is 11.2. The van der Waals surface area contributed by atoms with Gasteiger partial charge in [-0.05, 0) is 31.0 Å². The first-order chi connectivity index (χ1) is 9.31. The Morgan fingerprint density at radius 3 is 3.16 bits per heavy atom. The summed E-state index contributed by atoms with van der Waals surface area (Å²) in [4.78, 5) is 11.2. The monoisotopic (exact) mass is 279 g/mol. The van der Waals surface area contributed by atoms with E-state index in [2.05, 4.69) is 29.6 Å². The summed E-state index contributed by atoms with van der Waals surface area (Å²) in [7, 11) is 0. The van der Waals surface area contributed by atoms with Crippen LogP contribution in [0.2, 0.25) is 0 Å². The van der Waals surface area contributed by atoms with E-state index in [0.29, 0.717) is 19.1 Å². The number of hydrogen-bond donors (Lipinski definition) is 1. The summed E-state index contributed by atoms with van der Waals surface area (Å²) in [5.74, 6) is 2.12. The number of nitrogens with one attached hydrogen (secondary N) is 1. The van der Waals surface area contributed by atoms with Crippen LogP contribution in [0, 0.1) is 0 Å². The Labute approximate surface area is 119 Å². The van der Waals surface area contributed by atoms with E-state index in [0.717, 1.165) is 24.5 Å². The number of rotatable bonds is 6. The van der Waals surface area contributed by atoms with E-state index in [4.69, 9.17) is 4.74 Å². The van der Waals surface area contributed by atoms with Crippen LogP contribution in [0.15, 0.2) is 24.3 Å². The van der Waals surface area contributed by atoms with Gasteiger partial charge < -0.3 is 10.1 Å². The van der Waals surface area contributed by atoms with Crippen LogP contribution in [-0.2, 0) is 15.3 Å². The van der Waals surface area contributed by atoms with Gasteiger partial charge in [-0.2, -0.15) is 11.8 Å². The summed E-state index contributed by atoms with van der Waals surface area (Å²) in [6, 6.07) is 9.02. The van der Waals surface area contributed by atoms with Crippen molar-refractivity contribution >= 4 is 17.7 Å². The predicted molar refractivity (Wildman–Crippen MR) is 79.2 cm³/mol. The second kappa shape index (κ2) is 7.56. The van der Waals surface area contributed by atoms with E-state index in [1.807, 2.05) is 18.7 Å². The Kier molecular flexibility index (Phi) is 5.73. The van der Waals surface area contributed by atoms with Crippen LogP contribution in [0.5, 0.6) is 0 Å². The SMILES string of the molecule is CCOC(=O)CCCNC1CSCc2ccccc21. The van der Waals surface area contributed by atoms with Gasteiger partial charge in [-0.1, -0.05) is 24.3 Å². The zero-order chi connectivity index (χ0) is 13.5. The number of ether oxygens (including phenoxy) is 1. The standard InChI is InChI=1S/C15H21NO2S/c1-2-18-15(17)8-5-9-16-14-11-19-10-12-6-3-4-7-13(12)14/h3-4,6-7,14,16H,2,5,8-11H2,1H3. The average molecular weight is 279 g/mol. The smallest absolute Gasteiger partial charge is 0.305 e. The molecule has 0 amide bonds. The highest BCUT2D eigenvalue weighted by molar-refractivity contribution is 7.98. The molecule has 3 nitrogen and oxygen atoms in total. The Bertz CT molecular complexity index is 422. The minimum absolute atomic E-state index is 0.0947. The summed E-state index contributed by atoms with van der Waals surface area (Å²) < 4.78 is 4.92. The summed E-state index contributed by atoms with van der Waals surface area (Å²) in [6.07, 6.45) is 1.34. The maximum absolute atomic E-state index is 11.2. The molecular formula is C15H21NO2S. The van der Waals surface area contributed by atoms with Crippen LogP contribution in [0.3, 0.4) is 0 Å². The number of carbonyl (C=O) groups is 1. The molecule has 2 rings (SSSR count). The van der Waals surface area contributed by atoms with Gasteiger partial charge in [-0.3, -0.25) is 4.79 Å². The minimum atomic E-state index is -0.0947. The van der Waals surface area contributed by atoms with Crippen LogP contribution in [-0.4, -0.2) is 24.9 Å². The molecule has 1 unspecified atom stereocenters. The topological polar surface area (TPSA) is 38.3 Å². The summed E-state index contributed by atoms with van der Waals surface area (Å²) in [5, 5.41) is 3.55. The molecule has 1 N–H and O–H groups in total. The molecule has 1 heterocycles. The van der Waals surface area contributed by atoms with Crippen molar-refractivity contribution in [3.63, 3.8) is 0 Å². The van der Waals surface area contributed by atoms with Gasteiger partial charge in [0.25, 0.3) is 0 Å². The fourth-order valence-electron chi connectivity index (χ4n) is 2.29. The zero-order valence-corrected chi connectivity index (χ0v) is 12.2. The fourth-order valence-corrected chi connectivity index (χ4v) is 3.43. The van der Waals surface area contributed by atoms with Crippen molar-refractivity contribution in [3.05, 3.63) is 35.4 Å². The van der Waals surface area contributed by atoms with Crippen molar-refractivity contribution in [1.82, 2.24) is 5.32 Å². The molecule has 1 aromatic rings. The van der Waals surface area contributed by atoms with Gasteiger partial charge in [-0.15, -0.1) is 0 Å². The second-order valence-corrected chi connectivity index (χ2v) is 5.66. The van der Waals surface area contributed by atoms with E-state index >= 15 is 0 Å². The largest absolute Gasteiger partial charge is 0.466 e. The Morgan fingerprint density at radius 1 is 1.47 bits per heavy atom. The van der Waals surface area contributed by atoms with Gasteiger partial charge in [0.15, 0.2) is 0 Å². The molecule has 19 heavy (non-hydrogen) atoms. The third-order valence-corrected chi connectivity index (χ3v) is 4.31. The molecule has 0 radical (unpaired) electrons. The molecule has 4 heteroatoms. The lowest BCUT2D eigenvalue weighted by Gasteiger charge is -2.26. The molecule has 0 fully saturated rings. The lowest BCUT2D eigenvalue weighted by molar-refractivity contribution is -0.143. The fraction of sp³-hybridized carbons (Fsp3) is 0.533. The minimum Gasteiger partial charge on any atom is -0.466 e. The van der Waals surface area contributed by atoms with Crippen LogP contribution in [0.25, 0.3) is 0 Å². The molecule has 104 valence electrons. The predicted octanol–water partition coefficient (Wildman–Crippen LogP) is 2.91. The first-order valence-electron chi connectivity index (χ1n) is 6.85. The Balaban J connectivity index is 1.77. The maximum Gasteiger partial charge on any atom is 0.305 e. The molecule has 0 bridgehead atoms. The molecule has 0 aromatic heterocycles. The second-order valence-electron chi connectivity index (χ2n) is 4.63. The van der Waals surface area contributed by atoms with E-state index in [9.17, 15) is 4.79 Å². The van der Waals surface area contributed by atoms with Crippen LogP contribution in [0.1, 0.15) is 36.9 Å². The van der Waals surface area contributed by atoms with E-state index in [-0.39, 0.29) is 5.97 Å². The van der Waals surface area contributed by atoms with Crippen molar-refractivity contribution in [2.45, 2.75) is 31.6 Å². The molecule has 0 spiro atoms. The van der Waals surface area contributed by atoms with Crippen molar-refractivity contribution in [1.29, 1.82) is 0 Å². The lowest BCUT2D eigenvalue weighted by atomic mass is 10.0. The molecule has 0 saturated carbocycles. The number of esters is 1. The van der Waals surface area contributed by atoms with Gasteiger partial charge in [0.1, 0.15) is 0 Å². The van der Waals surface area contributed by atoms with Crippen molar-refractivity contribution in [2.24, 2.45) is 0 Å². The summed E-state index contributed by atoms with van der Waals surface area (Å²) >= 11 is 1.96. The van der Waals surface area contributed by atoms with Crippen LogP contribution < -0.4 is 5.32 Å². The van der Waals surface area contributed by atoms with Gasteiger partial charge >= 0.3 is 5.97 Å². The van der Waals surface area contributed by atoms with Gasteiger partial charge in [0.2, 0.25) is 0 Å². The van der Waals surface area contributed by atoms with Crippen LogP contribution >= 0.6 is 11.8 Å². The third-order valence-electron chi connectivity index (χ3n) is 3.23. The molecule has 1 aromatic carbocycles.